The van der Waals surface area contributed by atoms with Crippen molar-refractivity contribution in [1.29, 1.82) is 0 Å². The fourth-order valence-corrected chi connectivity index (χ4v) is 4.29. The highest BCUT2D eigenvalue weighted by Crippen LogP contribution is 2.39. The molecule has 0 radical (unpaired) electrons. The number of anilines is 2. The van der Waals surface area contributed by atoms with Gasteiger partial charge in [-0.2, -0.15) is 0 Å². The Labute approximate surface area is 225 Å². The number of hydrogen-bond donors (Lipinski definition) is 4. The fraction of sp³-hybridized carbons (Fsp3) is 0.276. The first-order chi connectivity index (χ1) is 18.5. The van der Waals surface area contributed by atoms with Gasteiger partial charge in [0.05, 0.1) is 37.7 Å². The van der Waals surface area contributed by atoms with Crippen LogP contribution in [0.1, 0.15) is 30.7 Å². The minimum Gasteiger partial charge on any atom is -0.495 e. The first kappa shape index (κ1) is 29.3. The minimum absolute atomic E-state index is 0.0149. The SMILES string of the molecule is COc1c(-c2cccc(NC(C)=O)c2)c(C)n(CC(O)CO)c(=O)c1/C(Nc1ccc(C)cc1F)=C(/C)C=O. The van der Waals surface area contributed by atoms with Crippen LogP contribution >= 0.6 is 0 Å². The molecule has 206 valence electrons. The minimum atomic E-state index is -1.26. The number of methoxy groups -OCH3 is 1. The van der Waals surface area contributed by atoms with Crippen LogP contribution in [0.2, 0.25) is 0 Å². The highest BCUT2D eigenvalue weighted by Gasteiger charge is 2.27. The molecule has 0 saturated heterocycles. The van der Waals surface area contributed by atoms with Crippen molar-refractivity contribution in [3.05, 3.63) is 81.0 Å². The second-order valence-electron chi connectivity index (χ2n) is 9.17. The highest BCUT2D eigenvalue weighted by molar-refractivity contribution is 5.96. The number of allylic oxidation sites excluding steroid dienone is 1. The van der Waals surface area contributed by atoms with Gasteiger partial charge in [-0.15, -0.1) is 0 Å². The number of nitrogens with one attached hydrogen (secondary N) is 2. The monoisotopic (exact) mass is 537 g/mol. The molecule has 1 heterocycles. The Morgan fingerprint density at radius 3 is 2.46 bits per heavy atom. The molecule has 2 aromatic carbocycles. The molecule has 0 aliphatic heterocycles. The van der Waals surface area contributed by atoms with E-state index in [1.807, 2.05) is 0 Å². The lowest BCUT2D eigenvalue weighted by atomic mass is 9.96. The van der Waals surface area contributed by atoms with E-state index in [9.17, 15) is 29.0 Å². The Bertz CT molecular complexity index is 1500. The predicted molar refractivity (Wildman–Crippen MR) is 148 cm³/mol. The van der Waals surface area contributed by atoms with Crippen molar-refractivity contribution in [3.63, 3.8) is 0 Å². The van der Waals surface area contributed by atoms with Gasteiger partial charge < -0.3 is 30.2 Å². The molecule has 0 fully saturated rings. The number of aliphatic hydroxyl groups excluding tert-OH is 2. The summed E-state index contributed by atoms with van der Waals surface area (Å²) in [6.45, 7) is 5.38. The number of nitrogens with zero attached hydrogens (tertiary/aromatic N) is 1. The number of aldehydes is 1. The summed E-state index contributed by atoms with van der Waals surface area (Å²) >= 11 is 0. The first-order valence-corrected chi connectivity index (χ1v) is 12.2. The second kappa shape index (κ2) is 12.5. The van der Waals surface area contributed by atoms with Crippen LogP contribution < -0.4 is 20.9 Å². The zero-order valence-corrected chi connectivity index (χ0v) is 22.5. The summed E-state index contributed by atoms with van der Waals surface area (Å²) in [5, 5.41) is 25.4. The molecule has 0 bridgehead atoms. The van der Waals surface area contributed by atoms with Gasteiger partial charge in [-0.1, -0.05) is 18.2 Å². The Hall–Kier alpha value is -4.28. The number of aromatic nitrogens is 1. The molecule has 10 heteroatoms. The van der Waals surface area contributed by atoms with Gasteiger partial charge in [-0.3, -0.25) is 14.4 Å². The molecule has 1 atom stereocenters. The van der Waals surface area contributed by atoms with Gasteiger partial charge in [-0.25, -0.2) is 4.39 Å². The van der Waals surface area contributed by atoms with Gasteiger partial charge in [0.25, 0.3) is 5.56 Å². The molecule has 0 aliphatic rings. The van der Waals surface area contributed by atoms with Crippen LogP contribution in [-0.4, -0.2) is 46.8 Å². The molecule has 1 aromatic heterocycles. The van der Waals surface area contributed by atoms with Gasteiger partial charge in [0.2, 0.25) is 5.91 Å². The van der Waals surface area contributed by atoms with Crippen molar-refractivity contribution < 1.29 is 28.9 Å². The number of pyridine rings is 1. The molecule has 9 nitrogen and oxygen atoms in total. The zero-order chi connectivity index (χ0) is 28.9. The van der Waals surface area contributed by atoms with Gasteiger partial charge in [0.15, 0.2) is 0 Å². The third-order valence-corrected chi connectivity index (χ3v) is 6.17. The fourth-order valence-electron chi connectivity index (χ4n) is 4.29. The third-order valence-electron chi connectivity index (χ3n) is 6.17. The Kier molecular flexibility index (Phi) is 9.39. The summed E-state index contributed by atoms with van der Waals surface area (Å²) in [4.78, 5) is 37.6. The van der Waals surface area contributed by atoms with Crippen molar-refractivity contribution >= 4 is 29.3 Å². The largest absolute Gasteiger partial charge is 0.495 e. The zero-order valence-electron chi connectivity index (χ0n) is 22.5. The Morgan fingerprint density at radius 2 is 1.87 bits per heavy atom. The van der Waals surface area contributed by atoms with Crippen LogP contribution in [0.15, 0.2) is 52.8 Å². The van der Waals surface area contributed by atoms with E-state index >= 15 is 0 Å². The number of amides is 1. The van der Waals surface area contributed by atoms with Crippen LogP contribution in [0.5, 0.6) is 5.75 Å². The van der Waals surface area contributed by atoms with Crippen molar-refractivity contribution in [2.24, 2.45) is 0 Å². The summed E-state index contributed by atoms with van der Waals surface area (Å²) in [6.07, 6.45) is -0.722. The van der Waals surface area contributed by atoms with Crippen molar-refractivity contribution in [1.82, 2.24) is 4.57 Å². The molecule has 0 aliphatic carbocycles. The van der Waals surface area contributed by atoms with E-state index in [1.165, 1.54) is 37.7 Å². The van der Waals surface area contributed by atoms with Crippen LogP contribution in [0.25, 0.3) is 16.8 Å². The average molecular weight is 538 g/mol. The predicted octanol–water partition coefficient (Wildman–Crippen LogP) is 3.63. The third kappa shape index (κ3) is 6.42. The number of halogens is 1. The van der Waals surface area contributed by atoms with Crippen molar-refractivity contribution in [3.8, 4) is 16.9 Å². The molecule has 3 rings (SSSR count). The van der Waals surface area contributed by atoms with Crippen LogP contribution in [0.3, 0.4) is 0 Å². The highest BCUT2D eigenvalue weighted by atomic mass is 19.1. The van der Waals surface area contributed by atoms with Gasteiger partial charge in [0, 0.05) is 29.4 Å². The first-order valence-electron chi connectivity index (χ1n) is 12.2. The number of carbonyl (C=O) groups excluding carboxylic acids is 2. The lowest BCUT2D eigenvalue weighted by Gasteiger charge is -2.24. The summed E-state index contributed by atoms with van der Waals surface area (Å²) in [5.41, 5.74) is 2.03. The Morgan fingerprint density at radius 1 is 1.15 bits per heavy atom. The maximum Gasteiger partial charge on any atom is 0.264 e. The number of benzene rings is 2. The summed E-state index contributed by atoms with van der Waals surface area (Å²) in [6, 6.07) is 11.3. The van der Waals surface area contributed by atoms with Crippen LogP contribution in [0, 0.1) is 19.7 Å². The molecule has 3 aromatic rings. The summed E-state index contributed by atoms with van der Waals surface area (Å²) in [7, 11) is 1.37. The van der Waals surface area contributed by atoms with Gasteiger partial charge >= 0.3 is 0 Å². The molecule has 0 spiro atoms. The Balaban J connectivity index is 2.42. The number of ether oxygens (including phenoxy) is 1. The normalized spacial score (nSPS) is 12.4. The molecule has 0 saturated carbocycles. The standard InChI is InChI=1S/C29H32FN3O6/c1-16-9-10-24(23(30)11-16)32-27(17(2)14-34)26-28(39-5)25(18(3)33(29(26)38)13-22(37)15-35)20-7-6-8-21(12-20)31-19(4)36/h6-12,14,22,32,35,37H,13,15H2,1-5H3,(H,31,36)/b27-17+. The number of rotatable bonds is 10. The van der Waals surface area contributed by atoms with Crippen molar-refractivity contribution in [2.75, 3.05) is 24.4 Å². The van der Waals surface area contributed by atoms with E-state index in [-0.39, 0.29) is 40.7 Å². The van der Waals surface area contributed by atoms with E-state index in [0.717, 1.165) is 0 Å². The maximum absolute atomic E-state index is 14.8. The smallest absolute Gasteiger partial charge is 0.264 e. The van der Waals surface area contributed by atoms with E-state index in [4.69, 9.17) is 4.74 Å². The molecular formula is C29H32FN3O6. The van der Waals surface area contributed by atoms with Gasteiger partial charge in [0.1, 0.15) is 23.4 Å². The van der Waals surface area contributed by atoms with Gasteiger partial charge in [-0.05, 0) is 56.2 Å². The van der Waals surface area contributed by atoms with E-state index in [2.05, 4.69) is 10.6 Å². The molecular weight excluding hydrogens is 505 g/mol. The van der Waals surface area contributed by atoms with Crippen LogP contribution in [0.4, 0.5) is 15.8 Å². The van der Waals surface area contributed by atoms with E-state index < -0.39 is 24.1 Å². The van der Waals surface area contributed by atoms with Crippen molar-refractivity contribution in [2.45, 2.75) is 40.3 Å². The average Bonchev–Trinajstić information content (AvgIpc) is 2.90. The lowest BCUT2D eigenvalue weighted by molar-refractivity contribution is -0.114. The topological polar surface area (TPSA) is 130 Å². The van der Waals surface area contributed by atoms with Crippen LogP contribution in [-0.2, 0) is 16.1 Å². The summed E-state index contributed by atoms with van der Waals surface area (Å²) < 4.78 is 21.9. The van der Waals surface area contributed by atoms with E-state index in [1.54, 1.807) is 44.2 Å². The number of aryl methyl sites for hydroxylation is 1. The quantitative estimate of drug-likeness (QED) is 0.230. The summed E-state index contributed by atoms with van der Waals surface area (Å²) in [5.74, 6) is -0.760. The molecule has 1 unspecified atom stereocenters. The number of carbonyl (C=O) groups is 2. The lowest BCUT2D eigenvalue weighted by Crippen LogP contribution is -2.33. The molecule has 4 N–H and O–H groups in total. The molecule has 1 amide bonds. The number of aliphatic hydroxyl groups is 2. The van der Waals surface area contributed by atoms with E-state index in [0.29, 0.717) is 34.4 Å². The number of hydrogen-bond acceptors (Lipinski definition) is 7. The molecule has 39 heavy (non-hydrogen) atoms. The second-order valence-corrected chi connectivity index (χ2v) is 9.17. The maximum atomic E-state index is 14.8.